The van der Waals surface area contributed by atoms with Crippen LogP contribution in [0.25, 0.3) is 22.0 Å². The Kier molecular flexibility index (Phi) is 10.1. The molecule has 48 heavy (non-hydrogen) atoms. The maximum absolute atomic E-state index is 10.4. The molecule has 6 aromatic rings. The number of aliphatic hydroxyl groups excluding tert-OH is 1. The Labute approximate surface area is 281 Å². The molecule has 2 N–H and O–H groups in total. The lowest BCUT2D eigenvalue weighted by Gasteiger charge is -2.26. The normalized spacial score (nSPS) is 11.7. The Bertz CT molecular complexity index is 1930. The Morgan fingerprint density at radius 3 is 2.06 bits per heavy atom. The fraction of sp³-hybridized carbons (Fsp3) is 0.231. The van der Waals surface area contributed by atoms with E-state index in [1.54, 1.807) is 20.4 Å². The van der Waals surface area contributed by atoms with E-state index in [1.165, 1.54) is 5.56 Å². The Morgan fingerprint density at radius 1 is 0.771 bits per heavy atom. The summed E-state index contributed by atoms with van der Waals surface area (Å²) in [5, 5.41) is 15.6. The Balaban J connectivity index is 1.48. The van der Waals surface area contributed by atoms with E-state index in [0.717, 1.165) is 62.5 Å². The number of hydrogen-bond donors (Lipinski definition) is 2. The molecule has 0 amide bonds. The standard InChI is InChI=1S/C39H40N6O3/c1-5-28-15-17-40-22-33(28)35-19-30-21-38(44-37-20-29(16-18-41-37)36(46)6-2)42-23-34(30)39(43-35)45(24-26-7-11-31(47-3)12-8-26)25-27-9-13-32(48-4)14-10-27/h7-23,36,46H,5-6,24-25H2,1-4H3,(H,41,42,44). The number of benzene rings is 2. The van der Waals surface area contributed by atoms with Crippen molar-refractivity contribution in [2.45, 2.75) is 45.9 Å². The van der Waals surface area contributed by atoms with Crippen molar-refractivity contribution >= 4 is 28.2 Å². The van der Waals surface area contributed by atoms with Gasteiger partial charge in [-0.2, -0.15) is 0 Å². The Morgan fingerprint density at radius 2 is 1.44 bits per heavy atom. The van der Waals surface area contributed by atoms with Crippen molar-refractivity contribution in [3.8, 4) is 22.8 Å². The van der Waals surface area contributed by atoms with Crippen LogP contribution >= 0.6 is 0 Å². The van der Waals surface area contributed by atoms with Crippen LogP contribution in [-0.4, -0.2) is 39.3 Å². The summed E-state index contributed by atoms with van der Waals surface area (Å²) in [6, 6.07) is 26.1. The van der Waals surface area contributed by atoms with Gasteiger partial charge in [0.05, 0.1) is 26.0 Å². The molecule has 9 nitrogen and oxygen atoms in total. The third-order valence-electron chi connectivity index (χ3n) is 8.44. The first-order valence-electron chi connectivity index (χ1n) is 16.1. The molecular weight excluding hydrogens is 600 g/mol. The highest BCUT2D eigenvalue weighted by atomic mass is 16.5. The predicted molar refractivity (Wildman–Crippen MR) is 191 cm³/mol. The van der Waals surface area contributed by atoms with Crippen molar-refractivity contribution in [3.05, 3.63) is 126 Å². The van der Waals surface area contributed by atoms with Crippen molar-refractivity contribution in [2.24, 2.45) is 0 Å². The highest BCUT2D eigenvalue weighted by Gasteiger charge is 2.19. The number of hydrogen-bond acceptors (Lipinski definition) is 9. The molecular formula is C39H40N6O3. The summed E-state index contributed by atoms with van der Waals surface area (Å²) in [5.74, 6) is 3.68. The number of nitrogens with one attached hydrogen (secondary N) is 1. The number of aryl methyl sites for hydroxylation is 1. The molecule has 0 spiro atoms. The topological polar surface area (TPSA) is 106 Å². The summed E-state index contributed by atoms with van der Waals surface area (Å²) in [4.78, 5) is 21.4. The lowest BCUT2D eigenvalue weighted by Crippen LogP contribution is -2.24. The summed E-state index contributed by atoms with van der Waals surface area (Å²) in [6.07, 6.45) is 8.20. The number of pyridine rings is 4. The monoisotopic (exact) mass is 640 g/mol. The van der Waals surface area contributed by atoms with Crippen LogP contribution in [0.3, 0.4) is 0 Å². The van der Waals surface area contributed by atoms with Crippen LogP contribution in [-0.2, 0) is 19.5 Å². The minimum absolute atomic E-state index is 0.552. The molecule has 0 aliphatic heterocycles. The fourth-order valence-corrected chi connectivity index (χ4v) is 5.74. The van der Waals surface area contributed by atoms with Crippen molar-refractivity contribution < 1.29 is 14.6 Å². The smallest absolute Gasteiger partial charge is 0.139 e. The van der Waals surface area contributed by atoms with Gasteiger partial charge in [0.15, 0.2) is 0 Å². The third-order valence-corrected chi connectivity index (χ3v) is 8.44. The number of aromatic nitrogens is 4. The van der Waals surface area contributed by atoms with Gasteiger partial charge in [0, 0.05) is 48.8 Å². The number of fused-ring (bicyclic) bond motifs is 1. The van der Waals surface area contributed by atoms with Crippen molar-refractivity contribution in [1.29, 1.82) is 0 Å². The van der Waals surface area contributed by atoms with E-state index in [2.05, 4.69) is 63.5 Å². The van der Waals surface area contributed by atoms with E-state index in [-0.39, 0.29) is 0 Å². The summed E-state index contributed by atoms with van der Waals surface area (Å²) >= 11 is 0. The molecule has 4 aromatic heterocycles. The van der Waals surface area contributed by atoms with Gasteiger partial charge in [0.2, 0.25) is 0 Å². The van der Waals surface area contributed by atoms with Crippen molar-refractivity contribution in [1.82, 2.24) is 19.9 Å². The second-order valence-corrected chi connectivity index (χ2v) is 11.6. The predicted octanol–water partition coefficient (Wildman–Crippen LogP) is 8.06. The quantitative estimate of drug-likeness (QED) is 0.130. The van der Waals surface area contributed by atoms with E-state index in [0.29, 0.717) is 31.1 Å². The van der Waals surface area contributed by atoms with Crippen LogP contribution in [0, 0.1) is 0 Å². The van der Waals surface area contributed by atoms with Gasteiger partial charge in [-0.15, -0.1) is 0 Å². The zero-order valence-electron chi connectivity index (χ0n) is 27.7. The lowest BCUT2D eigenvalue weighted by atomic mass is 10.0. The van der Waals surface area contributed by atoms with Crippen molar-refractivity contribution in [2.75, 3.05) is 24.4 Å². The van der Waals surface area contributed by atoms with E-state index < -0.39 is 6.10 Å². The molecule has 2 aromatic carbocycles. The van der Waals surface area contributed by atoms with Crippen LogP contribution in [0.4, 0.5) is 17.5 Å². The summed E-state index contributed by atoms with van der Waals surface area (Å²) in [5.41, 5.74) is 6.04. The van der Waals surface area contributed by atoms with Gasteiger partial charge in [-0.25, -0.2) is 15.0 Å². The second-order valence-electron chi connectivity index (χ2n) is 11.6. The minimum atomic E-state index is -0.552. The van der Waals surface area contributed by atoms with Gasteiger partial charge in [0.25, 0.3) is 0 Å². The number of ether oxygens (including phenoxy) is 2. The second kappa shape index (κ2) is 14.9. The summed E-state index contributed by atoms with van der Waals surface area (Å²) < 4.78 is 10.8. The molecule has 0 saturated heterocycles. The van der Waals surface area contributed by atoms with Gasteiger partial charge in [0.1, 0.15) is 29.0 Å². The number of methoxy groups -OCH3 is 2. The van der Waals surface area contributed by atoms with Gasteiger partial charge in [-0.1, -0.05) is 38.1 Å². The lowest BCUT2D eigenvalue weighted by molar-refractivity contribution is 0.173. The van der Waals surface area contributed by atoms with Gasteiger partial charge in [-0.05, 0) is 95.1 Å². The number of anilines is 3. The number of rotatable bonds is 13. The average Bonchev–Trinajstić information content (AvgIpc) is 3.14. The molecule has 6 rings (SSSR count). The zero-order valence-corrected chi connectivity index (χ0v) is 27.7. The van der Waals surface area contributed by atoms with Crippen molar-refractivity contribution in [3.63, 3.8) is 0 Å². The van der Waals surface area contributed by atoms with Gasteiger partial charge in [-0.3, -0.25) is 4.98 Å². The molecule has 1 atom stereocenters. The molecule has 1 unspecified atom stereocenters. The molecule has 0 aliphatic rings. The summed E-state index contributed by atoms with van der Waals surface area (Å²) in [7, 11) is 3.35. The first-order chi connectivity index (χ1) is 23.5. The summed E-state index contributed by atoms with van der Waals surface area (Å²) in [6.45, 7) is 5.30. The van der Waals surface area contributed by atoms with E-state index in [4.69, 9.17) is 19.4 Å². The number of nitrogens with zero attached hydrogens (tertiary/aromatic N) is 5. The maximum atomic E-state index is 10.4. The molecule has 0 fully saturated rings. The van der Waals surface area contributed by atoms with Gasteiger partial charge >= 0.3 is 0 Å². The third kappa shape index (κ3) is 7.37. The van der Waals surface area contributed by atoms with E-state index in [9.17, 15) is 5.11 Å². The molecule has 9 heteroatoms. The van der Waals surface area contributed by atoms with Crippen LogP contribution in [0.2, 0.25) is 0 Å². The maximum Gasteiger partial charge on any atom is 0.139 e. The molecule has 4 heterocycles. The molecule has 0 aliphatic carbocycles. The highest BCUT2D eigenvalue weighted by molar-refractivity contribution is 5.96. The van der Waals surface area contributed by atoms with Crippen LogP contribution < -0.4 is 19.7 Å². The molecule has 0 bridgehead atoms. The van der Waals surface area contributed by atoms with Crippen LogP contribution in [0.1, 0.15) is 48.6 Å². The molecule has 0 radical (unpaired) electrons. The zero-order chi connectivity index (χ0) is 33.5. The van der Waals surface area contributed by atoms with E-state index >= 15 is 0 Å². The first kappa shape index (κ1) is 32.4. The SMILES string of the molecule is CCc1ccncc1-c1cc2cc(Nc3cc(C(O)CC)ccn3)ncc2c(N(Cc2ccc(OC)cc2)Cc2ccc(OC)cc2)n1. The minimum Gasteiger partial charge on any atom is -0.497 e. The highest BCUT2D eigenvalue weighted by Crippen LogP contribution is 2.34. The van der Waals surface area contributed by atoms with E-state index in [1.807, 2.05) is 68.0 Å². The average molecular weight is 641 g/mol. The Hall–Kier alpha value is -5.54. The van der Waals surface area contributed by atoms with Gasteiger partial charge < -0.3 is 24.8 Å². The fourth-order valence-electron chi connectivity index (χ4n) is 5.74. The van der Waals surface area contributed by atoms with Crippen LogP contribution in [0.15, 0.2) is 104 Å². The largest absolute Gasteiger partial charge is 0.497 e. The molecule has 244 valence electrons. The molecule has 0 saturated carbocycles. The number of aliphatic hydroxyl groups is 1. The first-order valence-corrected chi connectivity index (χ1v) is 16.1. The van der Waals surface area contributed by atoms with Crippen LogP contribution in [0.5, 0.6) is 11.5 Å².